The summed E-state index contributed by atoms with van der Waals surface area (Å²) in [5, 5.41) is 1.62. The topological polar surface area (TPSA) is 0 Å². The Kier molecular flexibility index (Phi) is 5.93. The highest BCUT2D eigenvalue weighted by molar-refractivity contribution is 6.63. The lowest BCUT2D eigenvalue weighted by Gasteiger charge is -2.22. The van der Waals surface area contributed by atoms with E-state index in [0.717, 1.165) is 5.50 Å². The van der Waals surface area contributed by atoms with Gasteiger partial charge in [-0.25, -0.2) is 0 Å². The van der Waals surface area contributed by atoms with Crippen molar-refractivity contribution in [3.8, 4) is 0 Å². The molecule has 0 aliphatic heterocycles. The molecule has 0 fully saturated rings. The van der Waals surface area contributed by atoms with Crippen LogP contribution >= 0.6 is 11.6 Å². The zero-order valence-corrected chi connectivity index (χ0v) is 14.8. The number of benzene rings is 1. The van der Waals surface area contributed by atoms with Crippen molar-refractivity contribution >= 4 is 26.3 Å². The van der Waals surface area contributed by atoms with Gasteiger partial charge in [-0.15, -0.1) is 11.6 Å². The summed E-state index contributed by atoms with van der Waals surface area (Å²) in [5.41, 5.74) is 5.43. The maximum absolute atomic E-state index is 6.05. The summed E-state index contributed by atoms with van der Waals surface area (Å²) < 4.78 is 0. The summed E-state index contributed by atoms with van der Waals surface area (Å²) in [6.45, 7) is 13.8. The van der Waals surface area contributed by atoms with Crippen molar-refractivity contribution in [3.05, 3.63) is 28.8 Å². The van der Waals surface area contributed by atoms with Crippen LogP contribution in [-0.2, 0) is 0 Å². The number of alkyl halides is 1. The van der Waals surface area contributed by atoms with Gasteiger partial charge in [0, 0.05) is 5.50 Å². The first-order valence-electron chi connectivity index (χ1n) is 7.11. The molecule has 18 heavy (non-hydrogen) atoms. The molecule has 0 bridgehead atoms. The fourth-order valence-corrected chi connectivity index (χ4v) is 4.84. The molecule has 1 aromatic carbocycles. The Morgan fingerprint density at radius 2 is 1.33 bits per heavy atom. The molecule has 0 aliphatic rings. The van der Waals surface area contributed by atoms with Gasteiger partial charge in [0.25, 0.3) is 0 Å². The van der Waals surface area contributed by atoms with Crippen molar-refractivity contribution in [2.75, 3.05) is 5.50 Å². The largest absolute Gasteiger partial charge is 0.130 e. The van der Waals surface area contributed by atoms with Crippen LogP contribution in [0.3, 0.4) is 0 Å². The van der Waals surface area contributed by atoms with Crippen LogP contribution in [0, 0.1) is 0 Å². The van der Waals surface area contributed by atoms with E-state index in [1.54, 1.807) is 16.3 Å². The molecular formula is C16H27ClSi. The highest BCUT2D eigenvalue weighted by Crippen LogP contribution is 2.25. The molecule has 0 amide bonds. The standard InChI is InChI=1S/C16H27ClSi/c1-10(2)13-7-14(11(3)4)16(18-9-17)15(8-13)12(5)6/h7-8,10-12H,9,18H2,1-6H3. The third-order valence-corrected chi connectivity index (χ3v) is 5.67. The lowest BCUT2D eigenvalue weighted by molar-refractivity contribution is 0.813. The van der Waals surface area contributed by atoms with Crippen molar-refractivity contribution in [1.29, 1.82) is 0 Å². The summed E-state index contributed by atoms with van der Waals surface area (Å²) in [6.07, 6.45) is 0. The van der Waals surface area contributed by atoms with E-state index in [1.165, 1.54) is 5.56 Å². The highest BCUT2D eigenvalue weighted by Gasteiger charge is 2.16. The van der Waals surface area contributed by atoms with Crippen LogP contribution in [0.25, 0.3) is 0 Å². The lowest BCUT2D eigenvalue weighted by atomic mass is 9.89. The van der Waals surface area contributed by atoms with Gasteiger partial charge in [0.15, 0.2) is 0 Å². The van der Waals surface area contributed by atoms with Crippen molar-refractivity contribution in [1.82, 2.24) is 0 Å². The molecule has 0 atom stereocenters. The van der Waals surface area contributed by atoms with Gasteiger partial charge in [-0.05, 0) is 34.4 Å². The molecule has 0 unspecified atom stereocenters. The molecule has 0 saturated heterocycles. The van der Waals surface area contributed by atoms with E-state index in [1.807, 2.05) is 0 Å². The first kappa shape index (κ1) is 15.8. The summed E-state index contributed by atoms with van der Waals surface area (Å²) in [4.78, 5) is 0. The first-order valence-corrected chi connectivity index (χ1v) is 9.35. The zero-order valence-electron chi connectivity index (χ0n) is 12.7. The molecule has 0 N–H and O–H groups in total. The van der Waals surface area contributed by atoms with Gasteiger partial charge in [0.1, 0.15) is 0 Å². The summed E-state index contributed by atoms with van der Waals surface area (Å²) >= 11 is 6.05. The first-order chi connectivity index (χ1) is 8.38. The van der Waals surface area contributed by atoms with Crippen LogP contribution in [0.4, 0.5) is 0 Å². The summed E-state index contributed by atoms with van der Waals surface area (Å²) in [5.74, 6) is 1.81. The molecule has 0 saturated carbocycles. The van der Waals surface area contributed by atoms with Crippen molar-refractivity contribution in [2.24, 2.45) is 0 Å². The van der Waals surface area contributed by atoms with Crippen LogP contribution < -0.4 is 5.19 Å². The SMILES string of the molecule is CC(C)c1cc(C(C)C)c([SiH2]CCl)c(C(C)C)c1. The Labute approximate surface area is 120 Å². The average molecular weight is 283 g/mol. The van der Waals surface area contributed by atoms with E-state index in [4.69, 9.17) is 11.6 Å². The molecule has 0 aliphatic carbocycles. The van der Waals surface area contributed by atoms with E-state index >= 15 is 0 Å². The van der Waals surface area contributed by atoms with E-state index in [-0.39, 0.29) is 9.52 Å². The molecule has 0 aromatic heterocycles. The predicted molar refractivity (Wildman–Crippen MR) is 87.6 cm³/mol. The molecule has 2 heteroatoms. The van der Waals surface area contributed by atoms with Crippen LogP contribution in [0.1, 0.15) is 76.0 Å². The molecule has 0 spiro atoms. The minimum absolute atomic E-state index is 0.320. The Morgan fingerprint density at radius 3 is 1.61 bits per heavy atom. The zero-order chi connectivity index (χ0) is 13.9. The monoisotopic (exact) mass is 282 g/mol. The lowest BCUT2D eigenvalue weighted by Crippen LogP contribution is -2.27. The fourth-order valence-electron chi connectivity index (χ4n) is 2.49. The molecule has 1 aromatic rings. The minimum Gasteiger partial charge on any atom is -0.130 e. The second-order valence-corrected chi connectivity index (χ2v) is 8.80. The molecular weight excluding hydrogens is 256 g/mol. The Bertz CT molecular complexity index is 365. The van der Waals surface area contributed by atoms with Gasteiger partial charge in [-0.3, -0.25) is 0 Å². The Morgan fingerprint density at radius 1 is 0.889 bits per heavy atom. The highest BCUT2D eigenvalue weighted by atomic mass is 35.5. The van der Waals surface area contributed by atoms with Gasteiger partial charge in [-0.1, -0.05) is 58.9 Å². The summed E-state index contributed by atoms with van der Waals surface area (Å²) in [7, 11) is -0.320. The fraction of sp³-hybridized carbons (Fsp3) is 0.625. The van der Waals surface area contributed by atoms with Gasteiger partial charge >= 0.3 is 0 Å². The third kappa shape index (κ3) is 3.61. The van der Waals surface area contributed by atoms with Gasteiger partial charge in [0.2, 0.25) is 0 Å². The molecule has 1 rings (SSSR count). The van der Waals surface area contributed by atoms with E-state index in [2.05, 4.69) is 53.7 Å². The van der Waals surface area contributed by atoms with Crippen LogP contribution in [0.15, 0.2) is 12.1 Å². The van der Waals surface area contributed by atoms with Gasteiger partial charge in [0.05, 0.1) is 9.52 Å². The van der Waals surface area contributed by atoms with E-state index in [9.17, 15) is 0 Å². The number of hydrogen-bond donors (Lipinski definition) is 0. The third-order valence-electron chi connectivity index (χ3n) is 3.60. The van der Waals surface area contributed by atoms with E-state index in [0.29, 0.717) is 17.8 Å². The molecule has 0 radical (unpaired) electrons. The van der Waals surface area contributed by atoms with Crippen LogP contribution in [0.2, 0.25) is 0 Å². The number of halogens is 1. The average Bonchev–Trinajstić information content (AvgIpc) is 2.28. The second kappa shape index (κ2) is 6.77. The predicted octanol–water partition coefficient (Wildman–Crippen LogP) is 4.05. The Hall–Kier alpha value is -0.273. The van der Waals surface area contributed by atoms with Gasteiger partial charge in [-0.2, -0.15) is 0 Å². The van der Waals surface area contributed by atoms with Crippen LogP contribution in [0.5, 0.6) is 0 Å². The molecule has 0 heterocycles. The van der Waals surface area contributed by atoms with E-state index < -0.39 is 0 Å². The maximum Gasteiger partial charge on any atom is 0.0721 e. The Balaban J connectivity index is 3.44. The number of hydrogen-bond acceptors (Lipinski definition) is 0. The molecule has 0 nitrogen and oxygen atoms in total. The second-order valence-electron chi connectivity index (χ2n) is 6.08. The van der Waals surface area contributed by atoms with Crippen molar-refractivity contribution < 1.29 is 0 Å². The van der Waals surface area contributed by atoms with Gasteiger partial charge < -0.3 is 0 Å². The maximum atomic E-state index is 6.05. The van der Waals surface area contributed by atoms with Crippen molar-refractivity contribution in [3.63, 3.8) is 0 Å². The quantitative estimate of drug-likeness (QED) is 0.565. The van der Waals surface area contributed by atoms with Crippen molar-refractivity contribution in [2.45, 2.75) is 59.3 Å². The smallest absolute Gasteiger partial charge is 0.0721 e. The summed E-state index contributed by atoms with van der Waals surface area (Å²) in [6, 6.07) is 4.85. The normalized spacial score (nSPS) is 12.6. The number of rotatable bonds is 5. The van der Waals surface area contributed by atoms with Crippen LogP contribution in [-0.4, -0.2) is 15.0 Å². The molecule has 102 valence electrons. The minimum atomic E-state index is -0.320.